The molecule has 1 amide bonds. The van der Waals surface area contributed by atoms with Crippen LogP contribution in [0.2, 0.25) is 0 Å². The standard InChI is InChI=1S/C17H24N4O.ClH/c18-11-7-2-1-6-10-17(22)20-16-12-19-21(14-16)13-15-8-4-3-5-9-15;/h3-5,8-9,12,14H,1-2,6-7,10-11,13,18H2,(H,20,22);1H. The highest BCUT2D eigenvalue weighted by Gasteiger charge is 2.05. The van der Waals surface area contributed by atoms with E-state index in [-0.39, 0.29) is 18.3 Å². The molecule has 126 valence electrons. The van der Waals surface area contributed by atoms with Crippen molar-refractivity contribution >= 4 is 24.0 Å². The number of halogens is 1. The van der Waals surface area contributed by atoms with Gasteiger partial charge < -0.3 is 11.1 Å². The Bertz CT molecular complexity index is 571. The molecule has 0 fully saturated rings. The number of unbranched alkanes of at least 4 members (excludes halogenated alkanes) is 3. The Kier molecular flexibility index (Phi) is 9.02. The second-order valence-corrected chi connectivity index (χ2v) is 5.41. The highest BCUT2D eigenvalue weighted by atomic mass is 35.5. The van der Waals surface area contributed by atoms with Gasteiger partial charge in [0.15, 0.2) is 0 Å². The first-order chi connectivity index (χ1) is 10.8. The second-order valence-electron chi connectivity index (χ2n) is 5.41. The van der Waals surface area contributed by atoms with Gasteiger partial charge in [0, 0.05) is 12.6 Å². The number of anilines is 1. The van der Waals surface area contributed by atoms with E-state index in [0.29, 0.717) is 13.0 Å². The minimum Gasteiger partial charge on any atom is -0.330 e. The minimum absolute atomic E-state index is 0. The van der Waals surface area contributed by atoms with Crippen LogP contribution in [0.3, 0.4) is 0 Å². The van der Waals surface area contributed by atoms with Crippen LogP contribution in [0.25, 0.3) is 0 Å². The molecule has 3 N–H and O–H groups in total. The van der Waals surface area contributed by atoms with Crippen LogP contribution in [0.1, 0.15) is 37.7 Å². The lowest BCUT2D eigenvalue weighted by atomic mass is 10.1. The fourth-order valence-electron chi connectivity index (χ4n) is 2.29. The molecule has 2 rings (SSSR count). The van der Waals surface area contributed by atoms with Crippen molar-refractivity contribution in [2.75, 3.05) is 11.9 Å². The molecule has 0 aliphatic carbocycles. The predicted molar refractivity (Wildman–Crippen MR) is 95.8 cm³/mol. The third kappa shape index (κ3) is 7.30. The Balaban J connectivity index is 0.00000264. The highest BCUT2D eigenvalue weighted by molar-refractivity contribution is 5.90. The number of rotatable bonds is 9. The quantitative estimate of drug-likeness (QED) is 0.691. The van der Waals surface area contributed by atoms with E-state index in [1.807, 2.05) is 29.1 Å². The van der Waals surface area contributed by atoms with Crippen molar-refractivity contribution in [3.8, 4) is 0 Å². The first-order valence-electron chi connectivity index (χ1n) is 7.84. The van der Waals surface area contributed by atoms with Crippen molar-refractivity contribution in [2.45, 2.75) is 38.6 Å². The zero-order valence-corrected chi connectivity index (χ0v) is 14.1. The molecule has 1 heterocycles. The number of nitrogens with two attached hydrogens (primary N) is 1. The van der Waals surface area contributed by atoms with E-state index >= 15 is 0 Å². The van der Waals surface area contributed by atoms with Crippen LogP contribution in [0.5, 0.6) is 0 Å². The summed E-state index contributed by atoms with van der Waals surface area (Å²) in [5.41, 5.74) is 7.38. The van der Waals surface area contributed by atoms with Crippen LogP contribution in [0.4, 0.5) is 5.69 Å². The molecule has 0 saturated heterocycles. The van der Waals surface area contributed by atoms with Crippen LogP contribution < -0.4 is 11.1 Å². The molecule has 6 heteroatoms. The normalized spacial score (nSPS) is 10.1. The van der Waals surface area contributed by atoms with Crippen molar-refractivity contribution in [3.05, 3.63) is 48.3 Å². The number of nitrogens with zero attached hydrogens (tertiary/aromatic N) is 2. The Morgan fingerprint density at radius 2 is 1.87 bits per heavy atom. The fourth-order valence-corrected chi connectivity index (χ4v) is 2.29. The Morgan fingerprint density at radius 3 is 2.61 bits per heavy atom. The smallest absolute Gasteiger partial charge is 0.224 e. The lowest BCUT2D eigenvalue weighted by Gasteiger charge is -2.03. The van der Waals surface area contributed by atoms with Gasteiger partial charge >= 0.3 is 0 Å². The summed E-state index contributed by atoms with van der Waals surface area (Å²) in [5.74, 6) is 0.0482. The van der Waals surface area contributed by atoms with E-state index in [1.54, 1.807) is 6.20 Å². The van der Waals surface area contributed by atoms with Crippen molar-refractivity contribution in [2.24, 2.45) is 5.73 Å². The van der Waals surface area contributed by atoms with Gasteiger partial charge in [-0.25, -0.2) is 0 Å². The molecule has 0 bridgehead atoms. The van der Waals surface area contributed by atoms with Crippen LogP contribution in [-0.2, 0) is 11.3 Å². The lowest BCUT2D eigenvalue weighted by Crippen LogP contribution is -2.10. The van der Waals surface area contributed by atoms with Crippen molar-refractivity contribution in [1.82, 2.24) is 9.78 Å². The largest absolute Gasteiger partial charge is 0.330 e. The average molecular weight is 337 g/mol. The second kappa shape index (κ2) is 10.8. The number of benzene rings is 1. The number of hydrogen-bond donors (Lipinski definition) is 2. The molecule has 0 radical (unpaired) electrons. The predicted octanol–water partition coefficient (Wildman–Crippen LogP) is 3.20. The summed E-state index contributed by atoms with van der Waals surface area (Å²) in [6, 6.07) is 10.1. The summed E-state index contributed by atoms with van der Waals surface area (Å²) in [7, 11) is 0. The summed E-state index contributed by atoms with van der Waals surface area (Å²) < 4.78 is 1.83. The van der Waals surface area contributed by atoms with Crippen LogP contribution in [0.15, 0.2) is 42.7 Å². The van der Waals surface area contributed by atoms with Gasteiger partial charge in [-0.1, -0.05) is 43.2 Å². The first-order valence-corrected chi connectivity index (χ1v) is 7.84. The number of nitrogens with one attached hydrogen (secondary N) is 1. The molecule has 0 aliphatic rings. The summed E-state index contributed by atoms with van der Waals surface area (Å²) >= 11 is 0. The average Bonchev–Trinajstić information content (AvgIpc) is 2.95. The molecule has 1 aromatic carbocycles. The van der Waals surface area contributed by atoms with Crippen LogP contribution in [-0.4, -0.2) is 22.2 Å². The lowest BCUT2D eigenvalue weighted by molar-refractivity contribution is -0.116. The maximum Gasteiger partial charge on any atom is 0.224 e. The monoisotopic (exact) mass is 336 g/mol. The minimum atomic E-state index is 0. The SMILES string of the molecule is Cl.NCCCCCCC(=O)Nc1cnn(Cc2ccccc2)c1. The molecule has 1 aromatic heterocycles. The van der Waals surface area contributed by atoms with Gasteiger partial charge in [-0.3, -0.25) is 9.48 Å². The maximum absolute atomic E-state index is 11.8. The Hall–Kier alpha value is -1.85. The third-order valence-electron chi connectivity index (χ3n) is 3.46. The number of carbonyl (C=O) groups excluding carboxylic acids is 1. The summed E-state index contributed by atoms with van der Waals surface area (Å²) in [5, 5.41) is 7.17. The van der Waals surface area contributed by atoms with Crippen molar-refractivity contribution in [3.63, 3.8) is 0 Å². The van der Waals surface area contributed by atoms with E-state index in [0.717, 1.165) is 37.9 Å². The Labute approximate surface area is 143 Å². The van der Waals surface area contributed by atoms with E-state index in [2.05, 4.69) is 22.5 Å². The van der Waals surface area contributed by atoms with Gasteiger partial charge in [-0.05, 0) is 24.9 Å². The van der Waals surface area contributed by atoms with Crippen molar-refractivity contribution < 1.29 is 4.79 Å². The number of aromatic nitrogens is 2. The van der Waals surface area contributed by atoms with Gasteiger partial charge in [-0.15, -0.1) is 12.4 Å². The molecule has 0 saturated carbocycles. The van der Waals surface area contributed by atoms with Gasteiger partial charge in [0.25, 0.3) is 0 Å². The number of amides is 1. The number of carbonyl (C=O) groups is 1. The van der Waals surface area contributed by atoms with E-state index in [1.165, 1.54) is 5.56 Å². The third-order valence-corrected chi connectivity index (χ3v) is 3.46. The zero-order valence-electron chi connectivity index (χ0n) is 13.3. The maximum atomic E-state index is 11.8. The molecule has 0 atom stereocenters. The van der Waals surface area contributed by atoms with Gasteiger partial charge in [0.05, 0.1) is 18.4 Å². The molecular formula is C17H25ClN4O. The summed E-state index contributed by atoms with van der Waals surface area (Å²) in [4.78, 5) is 11.8. The molecule has 2 aromatic rings. The summed E-state index contributed by atoms with van der Waals surface area (Å²) in [6.07, 6.45) is 8.19. The molecule has 5 nitrogen and oxygen atoms in total. The molecule has 0 aliphatic heterocycles. The van der Waals surface area contributed by atoms with E-state index in [4.69, 9.17) is 5.73 Å². The van der Waals surface area contributed by atoms with Crippen LogP contribution in [0, 0.1) is 0 Å². The van der Waals surface area contributed by atoms with E-state index < -0.39 is 0 Å². The fraction of sp³-hybridized carbons (Fsp3) is 0.412. The van der Waals surface area contributed by atoms with E-state index in [9.17, 15) is 4.79 Å². The molecular weight excluding hydrogens is 312 g/mol. The molecule has 0 spiro atoms. The first kappa shape index (κ1) is 19.2. The van der Waals surface area contributed by atoms with Gasteiger partial charge in [0.2, 0.25) is 5.91 Å². The van der Waals surface area contributed by atoms with Crippen LogP contribution >= 0.6 is 12.4 Å². The molecule has 0 unspecified atom stereocenters. The van der Waals surface area contributed by atoms with Gasteiger partial charge in [-0.2, -0.15) is 5.10 Å². The number of hydrogen-bond acceptors (Lipinski definition) is 3. The summed E-state index contributed by atoms with van der Waals surface area (Å²) in [6.45, 7) is 1.43. The highest BCUT2D eigenvalue weighted by Crippen LogP contribution is 2.10. The van der Waals surface area contributed by atoms with Gasteiger partial charge in [0.1, 0.15) is 0 Å². The van der Waals surface area contributed by atoms with Crippen molar-refractivity contribution in [1.29, 1.82) is 0 Å². The topological polar surface area (TPSA) is 72.9 Å². The Morgan fingerprint density at radius 1 is 1.13 bits per heavy atom. The molecule has 23 heavy (non-hydrogen) atoms. The zero-order chi connectivity index (χ0) is 15.6.